The number of hydrogen-bond acceptors (Lipinski definition) is 5. The molecule has 5 nitrogen and oxygen atoms in total. The van der Waals surface area contributed by atoms with Gasteiger partial charge >= 0.3 is 0 Å². The minimum absolute atomic E-state index is 0.131. The molecule has 0 saturated carbocycles. The summed E-state index contributed by atoms with van der Waals surface area (Å²) in [7, 11) is 0. The zero-order chi connectivity index (χ0) is 17.4. The molecule has 0 radical (unpaired) electrons. The SMILES string of the molecule is NC(=O)c1nnc(CC2CCCO2)c2cc(-c3ccc(F)cc3)sc12. The van der Waals surface area contributed by atoms with Crippen molar-refractivity contribution in [2.45, 2.75) is 25.4 Å². The smallest absolute Gasteiger partial charge is 0.270 e. The van der Waals surface area contributed by atoms with Gasteiger partial charge in [0.25, 0.3) is 5.91 Å². The number of aromatic nitrogens is 2. The number of halogens is 1. The van der Waals surface area contributed by atoms with Crippen molar-refractivity contribution in [2.75, 3.05) is 6.61 Å². The first-order valence-corrected chi connectivity index (χ1v) is 8.90. The summed E-state index contributed by atoms with van der Waals surface area (Å²) < 4.78 is 19.6. The molecule has 1 aliphatic rings. The fourth-order valence-electron chi connectivity index (χ4n) is 3.08. The molecular formula is C18H16FN3O2S. The van der Waals surface area contributed by atoms with Crippen LogP contribution in [0, 0.1) is 5.82 Å². The molecule has 7 heteroatoms. The Morgan fingerprint density at radius 1 is 1.32 bits per heavy atom. The van der Waals surface area contributed by atoms with Gasteiger partial charge in [-0.3, -0.25) is 4.79 Å². The number of thiophene rings is 1. The van der Waals surface area contributed by atoms with Crippen LogP contribution in [0.4, 0.5) is 4.39 Å². The summed E-state index contributed by atoms with van der Waals surface area (Å²) in [6.45, 7) is 0.769. The van der Waals surface area contributed by atoms with Crippen LogP contribution in [-0.4, -0.2) is 28.8 Å². The van der Waals surface area contributed by atoms with Gasteiger partial charge in [-0.25, -0.2) is 4.39 Å². The van der Waals surface area contributed by atoms with Gasteiger partial charge in [-0.15, -0.1) is 16.4 Å². The van der Waals surface area contributed by atoms with Crippen LogP contribution < -0.4 is 5.73 Å². The monoisotopic (exact) mass is 357 g/mol. The Morgan fingerprint density at radius 3 is 2.80 bits per heavy atom. The Balaban J connectivity index is 1.82. The lowest BCUT2D eigenvalue weighted by Gasteiger charge is -2.09. The number of nitrogens with zero attached hydrogens (tertiary/aromatic N) is 2. The summed E-state index contributed by atoms with van der Waals surface area (Å²) in [5.41, 5.74) is 7.30. The van der Waals surface area contributed by atoms with Crippen molar-refractivity contribution in [3.8, 4) is 10.4 Å². The van der Waals surface area contributed by atoms with Crippen molar-refractivity contribution in [1.82, 2.24) is 10.2 Å². The Morgan fingerprint density at radius 2 is 2.12 bits per heavy atom. The van der Waals surface area contributed by atoms with Crippen molar-refractivity contribution in [3.63, 3.8) is 0 Å². The number of carbonyl (C=O) groups is 1. The van der Waals surface area contributed by atoms with E-state index in [4.69, 9.17) is 10.5 Å². The molecule has 2 aromatic heterocycles. The van der Waals surface area contributed by atoms with E-state index in [2.05, 4.69) is 10.2 Å². The zero-order valence-corrected chi connectivity index (χ0v) is 14.2. The van der Waals surface area contributed by atoms with Crippen molar-refractivity contribution in [3.05, 3.63) is 47.5 Å². The van der Waals surface area contributed by atoms with Gasteiger partial charge in [0.1, 0.15) is 5.82 Å². The van der Waals surface area contributed by atoms with Gasteiger partial charge in [0.05, 0.1) is 16.5 Å². The number of primary amides is 1. The van der Waals surface area contributed by atoms with E-state index in [1.165, 1.54) is 23.5 Å². The summed E-state index contributed by atoms with van der Waals surface area (Å²) in [4.78, 5) is 12.6. The van der Waals surface area contributed by atoms with Gasteiger partial charge < -0.3 is 10.5 Å². The number of amides is 1. The van der Waals surface area contributed by atoms with E-state index in [-0.39, 0.29) is 17.6 Å². The Bertz CT molecular complexity index is 933. The molecule has 4 rings (SSSR count). The molecule has 1 fully saturated rings. The molecule has 1 unspecified atom stereocenters. The number of hydrogen-bond donors (Lipinski definition) is 1. The van der Waals surface area contributed by atoms with Crippen LogP contribution in [-0.2, 0) is 11.2 Å². The van der Waals surface area contributed by atoms with E-state index >= 15 is 0 Å². The maximum Gasteiger partial charge on any atom is 0.270 e. The first-order valence-electron chi connectivity index (χ1n) is 8.08. The van der Waals surface area contributed by atoms with E-state index in [1.54, 1.807) is 12.1 Å². The van der Waals surface area contributed by atoms with E-state index < -0.39 is 5.91 Å². The zero-order valence-electron chi connectivity index (χ0n) is 13.4. The average molecular weight is 357 g/mol. The largest absolute Gasteiger partial charge is 0.378 e. The predicted octanol–water partition coefficient (Wildman–Crippen LogP) is 3.32. The third kappa shape index (κ3) is 3.12. The van der Waals surface area contributed by atoms with Crippen molar-refractivity contribution in [2.24, 2.45) is 5.73 Å². The minimum Gasteiger partial charge on any atom is -0.378 e. The molecule has 1 saturated heterocycles. The van der Waals surface area contributed by atoms with Gasteiger partial charge in [-0.05, 0) is 36.6 Å². The summed E-state index contributed by atoms with van der Waals surface area (Å²) in [6, 6.07) is 8.23. The second-order valence-electron chi connectivity index (χ2n) is 6.06. The summed E-state index contributed by atoms with van der Waals surface area (Å²) >= 11 is 1.42. The third-order valence-corrected chi connectivity index (χ3v) is 5.53. The van der Waals surface area contributed by atoms with Crippen LogP contribution in [0.15, 0.2) is 30.3 Å². The first kappa shape index (κ1) is 16.1. The highest BCUT2D eigenvalue weighted by Crippen LogP contribution is 2.36. The van der Waals surface area contributed by atoms with Gasteiger partial charge in [-0.2, -0.15) is 5.10 Å². The van der Waals surface area contributed by atoms with Gasteiger partial charge in [-0.1, -0.05) is 12.1 Å². The van der Waals surface area contributed by atoms with Gasteiger partial charge in [0, 0.05) is 23.3 Å². The Hall–Kier alpha value is -2.38. The average Bonchev–Trinajstić information content (AvgIpc) is 3.25. The molecule has 0 spiro atoms. The van der Waals surface area contributed by atoms with Gasteiger partial charge in [0.15, 0.2) is 5.69 Å². The van der Waals surface area contributed by atoms with Gasteiger partial charge in [0.2, 0.25) is 0 Å². The van der Waals surface area contributed by atoms with Crippen molar-refractivity contribution >= 4 is 27.3 Å². The molecule has 1 aliphatic heterocycles. The molecule has 2 N–H and O–H groups in total. The third-order valence-electron chi connectivity index (χ3n) is 4.34. The van der Waals surface area contributed by atoms with E-state index in [9.17, 15) is 9.18 Å². The van der Waals surface area contributed by atoms with E-state index in [1.807, 2.05) is 6.07 Å². The molecule has 3 aromatic rings. The molecular weight excluding hydrogens is 341 g/mol. The summed E-state index contributed by atoms with van der Waals surface area (Å²) in [5.74, 6) is -0.890. The molecule has 128 valence electrons. The Labute approximate surface area is 147 Å². The summed E-state index contributed by atoms with van der Waals surface area (Å²) in [5, 5.41) is 9.13. The number of carbonyl (C=O) groups excluding carboxylic acids is 1. The second-order valence-corrected chi connectivity index (χ2v) is 7.11. The molecule has 1 atom stereocenters. The highest BCUT2D eigenvalue weighted by Gasteiger charge is 2.22. The maximum absolute atomic E-state index is 13.2. The molecule has 0 aliphatic carbocycles. The number of ether oxygens (including phenoxy) is 1. The van der Waals surface area contributed by atoms with Crippen LogP contribution in [0.25, 0.3) is 20.5 Å². The summed E-state index contributed by atoms with van der Waals surface area (Å²) in [6.07, 6.45) is 2.83. The standard InChI is InChI=1S/C18H16FN3O2S/c19-11-5-3-10(4-6-11)15-9-13-14(8-12-2-1-7-24-12)21-22-16(18(20)23)17(13)25-15/h3-6,9,12H,1-2,7-8H2,(H2,20,23). The molecule has 1 aromatic carbocycles. The van der Waals surface area contributed by atoms with Crippen molar-refractivity contribution in [1.29, 1.82) is 0 Å². The molecule has 0 bridgehead atoms. The molecule has 25 heavy (non-hydrogen) atoms. The predicted molar refractivity (Wildman–Crippen MR) is 94.0 cm³/mol. The molecule has 1 amide bonds. The minimum atomic E-state index is -0.603. The van der Waals surface area contributed by atoms with E-state index in [0.717, 1.165) is 45.7 Å². The van der Waals surface area contributed by atoms with Crippen LogP contribution >= 0.6 is 11.3 Å². The highest BCUT2D eigenvalue weighted by molar-refractivity contribution is 7.22. The quantitative estimate of drug-likeness (QED) is 0.777. The number of benzene rings is 1. The normalized spacial score (nSPS) is 17.2. The lowest BCUT2D eigenvalue weighted by atomic mass is 10.1. The molecule has 3 heterocycles. The maximum atomic E-state index is 13.2. The lowest BCUT2D eigenvalue weighted by Crippen LogP contribution is -2.16. The van der Waals surface area contributed by atoms with Crippen LogP contribution in [0.1, 0.15) is 29.0 Å². The highest BCUT2D eigenvalue weighted by atomic mass is 32.1. The first-order chi connectivity index (χ1) is 12.1. The fraction of sp³-hybridized carbons (Fsp3) is 0.278. The Kier molecular flexibility index (Phi) is 4.19. The van der Waals surface area contributed by atoms with Crippen LogP contribution in [0.2, 0.25) is 0 Å². The lowest BCUT2D eigenvalue weighted by molar-refractivity contribution is 0.0996. The number of nitrogens with two attached hydrogens (primary N) is 1. The fourth-order valence-corrected chi connectivity index (χ4v) is 4.26. The topological polar surface area (TPSA) is 78.1 Å². The van der Waals surface area contributed by atoms with Crippen LogP contribution in [0.3, 0.4) is 0 Å². The van der Waals surface area contributed by atoms with Crippen molar-refractivity contribution < 1.29 is 13.9 Å². The number of fused-ring (bicyclic) bond motifs is 1. The van der Waals surface area contributed by atoms with E-state index in [0.29, 0.717) is 6.42 Å². The number of rotatable bonds is 4. The van der Waals surface area contributed by atoms with Crippen LogP contribution in [0.5, 0.6) is 0 Å². The second kappa shape index (κ2) is 6.50.